The van der Waals surface area contributed by atoms with Gasteiger partial charge in [0.25, 0.3) is 5.91 Å². The van der Waals surface area contributed by atoms with Crippen LogP contribution in [0.5, 0.6) is 5.75 Å². The van der Waals surface area contributed by atoms with Crippen molar-refractivity contribution in [3.05, 3.63) is 70.4 Å². The van der Waals surface area contributed by atoms with Gasteiger partial charge in [-0.1, -0.05) is 64.4 Å². The number of benzene rings is 2. The monoisotopic (exact) mass is 483 g/mol. The van der Waals surface area contributed by atoms with Crippen molar-refractivity contribution in [2.24, 2.45) is 11.3 Å². The Hall–Kier alpha value is -3.08. The van der Waals surface area contributed by atoms with Gasteiger partial charge in [-0.25, -0.2) is 0 Å². The molecule has 5 nitrogen and oxygen atoms in total. The summed E-state index contributed by atoms with van der Waals surface area (Å²) in [6.07, 6.45) is 5.87. The second-order valence-electron chi connectivity index (χ2n) is 12.0. The topological polar surface area (TPSA) is 67.0 Å². The van der Waals surface area contributed by atoms with Gasteiger partial charge in [0.1, 0.15) is 23.7 Å². The number of ether oxygens (including phenoxy) is 1. The minimum Gasteiger partial charge on any atom is -0.488 e. The normalized spacial score (nSPS) is 26.3. The number of nitrogens with zero attached hydrogens (tertiary/aromatic N) is 1. The van der Waals surface area contributed by atoms with Crippen molar-refractivity contribution in [1.82, 2.24) is 15.5 Å². The molecule has 1 fully saturated rings. The molecule has 36 heavy (non-hydrogen) atoms. The third-order valence-electron chi connectivity index (χ3n) is 9.43. The molecule has 0 unspecified atom stereocenters. The molecule has 0 spiro atoms. The molecule has 6 rings (SSSR count). The van der Waals surface area contributed by atoms with Crippen LogP contribution in [0.2, 0.25) is 0 Å². The summed E-state index contributed by atoms with van der Waals surface area (Å²) in [6, 6.07) is 15.1. The van der Waals surface area contributed by atoms with E-state index in [-0.39, 0.29) is 16.7 Å². The van der Waals surface area contributed by atoms with Gasteiger partial charge in [0, 0.05) is 17.7 Å². The van der Waals surface area contributed by atoms with Crippen LogP contribution in [0.25, 0.3) is 11.3 Å². The second kappa shape index (κ2) is 8.50. The highest BCUT2D eigenvalue weighted by molar-refractivity contribution is 5.96. The molecule has 1 aliphatic heterocycles. The molecule has 0 saturated heterocycles. The third kappa shape index (κ3) is 3.58. The number of amides is 1. The molecule has 1 saturated carbocycles. The van der Waals surface area contributed by atoms with Crippen LogP contribution < -0.4 is 10.1 Å². The van der Waals surface area contributed by atoms with Gasteiger partial charge in [-0.3, -0.25) is 9.89 Å². The number of rotatable bonds is 4. The summed E-state index contributed by atoms with van der Waals surface area (Å²) < 4.78 is 5.91. The lowest BCUT2D eigenvalue weighted by atomic mass is 9.49. The molecule has 1 amide bonds. The highest BCUT2D eigenvalue weighted by Gasteiger charge is 2.51. The summed E-state index contributed by atoms with van der Waals surface area (Å²) >= 11 is 0. The zero-order valence-electron chi connectivity index (χ0n) is 21.9. The Morgan fingerprint density at radius 2 is 2.03 bits per heavy atom. The van der Waals surface area contributed by atoms with Crippen LogP contribution in [0, 0.1) is 11.3 Å². The molecular weight excluding hydrogens is 446 g/mol. The van der Waals surface area contributed by atoms with Gasteiger partial charge in [0.2, 0.25) is 0 Å². The molecule has 3 aliphatic rings. The first-order valence-corrected chi connectivity index (χ1v) is 13.5. The Kier molecular flexibility index (Phi) is 5.51. The standard InChI is InChI=1S/C31H37N3O2/c1-19(2)20-10-12-24-21(16-20)11-13-26-30(3,14-7-15-31(24,26)4)18-32-29(35)28-23-17-36-25-9-6-5-8-22(25)27(23)33-34-28/h5-6,8-10,12,16,19,26H,7,11,13-15,17-18H2,1-4H3,(H,32,35)(H,33,34)/t26-,30-,31+/m0/s1. The molecule has 0 bridgehead atoms. The van der Waals surface area contributed by atoms with E-state index in [0.29, 0.717) is 30.7 Å². The van der Waals surface area contributed by atoms with Crippen molar-refractivity contribution in [2.75, 3.05) is 6.54 Å². The van der Waals surface area contributed by atoms with Gasteiger partial charge in [0.05, 0.1) is 0 Å². The van der Waals surface area contributed by atoms with E-state index in [2.05, 4.69) is 61.4 Å². The fourth-order valence-corrected chi connectivity index (χ4v) is 7.44. The smallest absolute Gasteiger partial charge is 0.269 e. The van der Waals surface area contributed by atoms with E-state index in [4.69, 9.17) is 4.74 Å². The Morgan fingerprint density at radius 1 is 1.19 bits per heavy atom. The minimum absolute atomic E-state index is 0.0558. The van der Waals surface area contributed by atoms with Crippen molar-refractivity contribution in [2.45, 2.75) is 77.7 Å². The van der Waals surface area contributed by atoms with Gasteiger partial charge in [-0.15, -0.1) is 0 Å². The summed E-state index contributed by atoms with van der Waals surface area (Å²) in [5, 5.41) is 10.8. The number of carbonyl (C=O) groups is 1. The van der Waals surface area contributed by atoms with Gasteiger partial charge in [0.15, 0.2) is 0 Å². The zero-order chi connectivity index (χ0) is 25.1. The lowest BCUT2D eigenvalue weighted by Crippen LogP contribution is -2.53. The number of aromatic amines is 1. The quantitative estimate of drug-likeness (QED) is 0.443. The molecule has 2 aliphatic carbocycles. The lowest BCUT2D eigenvalue weighted by molar-refractivity contribution is 0.0253. The predicted molar refractivity (Wildman–Crippen MR) is 142 cm³/mol. The third-order valence-corrected chi connectivity index (χ3v) is 9.43. The number of hydrogen-bond donors (Lipinski definition) is 2. The molecule has 0 radical (unpaired) electrons. The van der Waals surface area contributed by atoms with Crippen LogP contribution in [-0.4, -0.2) is 22.6 Å². The number of aromatic nitrogens is 2. The van der Waals surface area contributed by atoms with Crippen LogP contribution in [-0.2, 0) is 18.4 Å². The molecule has 2 aromatic carbocycles. The summed E-state index contributed by atoms with van der Waals surface area (Å²) in [7, 11) is 0. The van der Waals surface area contributed by atoms with Gasteiger partial charge >= 0.3 is 0 Å². The van der Waals surface area contributed by atoms with E-state index in [1.165, 1.54) is 30.4 Å². The molecule has 3 aromatic rings. The average molecular weight is 484 g/mol. The maximum atomic E-state index is 13.4. The van der Waals surface area contributed by atoms with E-state index in [9.17, 15) is 4.79 Å². The van der Waals surface area contributed by atoms with E-state index < -0.39 is 0 Å². The van der Waals surface area contributed by atoms with Gasteiger partial charge in [-0.2, -0.15) is 5.10 Å². The number of para-hydroxylation sites is 1. The average Bonchev–Trinajstić information content (AvgIpc) is 3.32. The van der Waals surface area contributed by atoms with E-state index in [1.807, 2.05) is 24.3 Å². The fraction of sp³-hybridized carbons (Fsp3) is 0.484. The van der Waals surface area contributed by atoms with Crippen molar-refractivity contribution < 1.29 is 9.53 Å². The Labute approximate surface area is 214 Å². The van der Waals surface area contributed by atoms with E-state index >= 15 is 0 Å². The first kappa shape index (κ1) is 23.3. The largest absolute Gasteiger partial charge is 0.488 e. The number of H-pyrrole nitrogens is 1. The van der Waals surface area contributed by atoms with Gasteiger partial charge < -0.3 is 10.1 Å². The maximum absolute atomic E-state index is 13.4. The van der Waals surface area contributed by atoms with E-state index in [1.54, 1.807) is 5.56 Å². The lowest BCUT2D eigenvalue weighted by Gasteiger charge is -2.55. The van der Waals surface area contributed by atoms with E-state index in [0.717, 1.165) is 35.4 Å². The SMILES string of the molecule is CC(C)c1ccc2c(c1)CC[C@H]1[C@](C)(CNC(=O)c3[nH]nc4c3COc3ccccc3-4)CCC[C@]21C. The first-order chi connectivity index (χ1) is 17.3. The Morgan fingerprint density at radius 3 is 2.86 bits per heavy atom. The summed E-state index contributed by atoms with van der Waals surface area (Å²) in [5.41, 5.74) is 7.86. The highest BCUT2D eigenvalue weighted by atomic mass is 16.5. The van der Waals surface area contributed by atoms with Crippen molar-refractivity contribution in [3.8, 4) is 17.0 Å². The molecule has 3 atom stereocenters. The molecule has 2 N–H and O–H groups in total. The number of aryl methyl sites for hydroxylation is 1. The highest BCUT2D eigenvalue weighted by Crippen LogP contribution is 2.57. The second-order valence-corrected chi connectivity index (χ2v) is 12.0. The predicted octanol–water partition coefficient (Wildman–Crippen LogP) is 6.53. The van der Waals surface area contributed by atoms with Crippen LogP contribution in [0.4, 0.5) is 0 Å². The van der Waals surface area contributed by atoms with Crippen molar-refractivity contribution in [3.63, 3.8) is 0 Å². The van der Waals surface area contributed by atoms with Gasteiger partial charge in [-0.05, 0) is 77.2 Å². The van der Waals surface area contributed by atoms with Crippen molar-refractivity contribution >= 4 is 5.91 Å². The number of hydrogen-bond acceptors (Lipinski definition) is 3. The number of fused-ring (bicyclic) bond motifs is 6. The fourth-order valence-electron chi connectivity index (χ4n) is 7.44. The zero-order valence-corrected chi connectivity index (χ0v) is 21.9. The molecule has 188 valence electrons. The summed E-state index contributed by atoms with van der Waals surface area (Å²) in [4.78, 5) is 13.4. The summed E-state index contributed by atoms with van der Waals surface area (Å²) in [5.74, 6) is 1.83. The van der Waals surface area contributed by atoms with Crippen LogP contribution in [0.3, 0.4) is 0 Å². The molecular formula is C31H37N3O2. The number of carbonyl (C=O) groups excluding carboxylic acids is 1. The van der Waals surface area contributed by atoms with Crippen LogP contribution in [0.1, 0.15) is 92.0 Å². The molecule has 1 aromatic heterocycles. The van der Waals surface area contributed by atoms with Crippen LogP contribution in [0.15, 0.2) is 42.5 Å². The Bertz CT molecular complexity index is 1330. The molecule has 2 heterocycles. The maximum Gasteiger partial charge on any atom is 0.269 e. The molecule has 5 heteroatoms. The first-order valence-electron chi connectivity index (χ1n) is 13.5. The Balaban J connectivity index is 1.23. The van der Waals surface area contributed by atoms with Crippen molar-refractivity contribution in [1.29, 1.82) is 0 Å². The number of nitrogens with one attached hydrogen (secondary N) is 2. The minimum atomic E-state index is -0.0852. The summed E-state index contributed by atoms with van der Waals surface area (Å²) in [6.45, 7) is 10.5. The van der Waals surface area contributed by atoms with Crippen LogP contribution >= 0.6 is 0 Å².